The van der Waals surface area contributed by atoms with Crippen molar-refractivity contribution in [3.63, 3.8) is 0 Å². The van der Waals surface area contributed by atoms with Gasteiger partial charge in [-0.2, -0.15) is 5.10 Å². The van der Waals surface area contributed by atoms with E-state index >= 15 is 0 Å². The predicted molar refractivity (Wildman–Crippen MR) is 77.8 cm³/mol. The smallest absolute Gasteiger partial charge is 0.209 e. The van der Waals surface area contributed by atoms with Crippen LogP contribution in [0.2, 0.25) is 10.0 Å². The Balaban J connectivity index is 2.41. The summed E-state index contributed by atoms with van der Waals surface area (Å²) in [6, 6.07) is 4.96. The molecule has 0 radical (unpaired) electrons. The fourth-order valence-electron chi connectivity index (χ4n) is 1.61. The second kappa shape index (κ2) is 5.69. The minimum Gasteiger partial charge on any atom is -0.215 e. The first-order chi connectivity index (χ1) is 9.26. The number of nitrogens with one attached hydrogen (secondary N) is 1. The Morgan fingerprint density at radius 2 is 2.05 bits per heavy atom. The van der Waals surface area contributed by atoms with E-state index < -0.39 is 10.0 Å². The number of nitrogens with zero attached hydrogens (tertiary/aromatic N) is 3. The molecule has 0 aliphatic rings. The number of aromatic nitrogens is 3. The highest BCUT2D eigenvalue weighted by atomic mass is 35.5. The fraction of sp³-hybridized carbons (Fsp3) is 0.273. The average molecular weight is 335 g/mol. The SMILES string of the molecule is Cc1nc(CNS(C)(=O)=O)n(-c2ccc(Cl)cc2Cl)n1. The van der Waals surface area contributed by atoms with Crippen LogP contribution >= 0.6 is 23.2 Å². The van der Waals surface area contributed by atoms with Crippen LogP contribution in [0.25, 0.3) is 5.69 Å². The fourth-order valence-corrected chi connectivity index (χ4v) is 2.49. The lowest BCUT2D eigenvalue weighted by Crippen LogP contribution is -2.23. The van der Waals surface area contributed by atoms with Gasteiger partial charge in [-0.25, -0.2) is 22.8 Å². The Labute approximate surface area is 126 Å². The number of hydrogen-bond donors (Lipinski definition) is 1. The van der Waals surface area contributed by atoms with Crippen molar-refractivity contribution < 1.29 is 8.42 Å². The van der Waals surface area contributed by atoms with Gasteiger partial charge in [-0.15, -0.1) is 0 Å². The molecule has 1 aromatic heterocycles. The van der Waals surface area contributed by atoms with E-state index in [1.807, 2.05) is 0 Å². The molecule has 0 aliphatic carbocycles. The molecule has 0 unspecified atom stereocenters. The summed E-state index contributed by atoms with van der Waals surface area (Å²) >= 11 is 12.0. The van der Waals surface area contributed by atoms with E-state index in [0.29, 0.717) is 27.4 Å². The molecule has 6 nitrogen and oxygen atoms in total. The van der Waals surface area contributed by atoms with E-state index in [1.54, 1.807) is 25.1 Å². The molecule has 0 aliphatic heterocycles. The highest BCUT2D eigenvalue weighted by Gasteiger charge is 2.14. The Morgan fingerprint density at radius 3 is 2.65 bits per heavy atom. The molecule has 0 bridgehead atoms. The molecule has 2 rings (SSSR count). The van der Waals surface area contributed by atoms with E-state index in [9.17, 15) is 8.42 Å². The first-order valence-corrected chi connectivity index (χ1v) is 8.23. The second-order valence-electron chi connectivity index (χ2n) is 4.18. The largest absolute Gasteiger partial charge is 0.215 e. The van der Waals surface area contributed by atoms with Crippen molar-refractivity contribution in [2.45, 2.75) is 13.5 Å². The van der Waals surface area contributed by atoms with Crippen LogP contribution in [-0.2, 0) is 16.6 Å². The lowest BCUT2D eigenvalue weighted by Gasteiger charge is -2.08. The van der Waals surface area contributed by atoms with E-state index in [0.717, 1.165) is 6.26 Å². The van der Waals surface area contributed by atoms with E-state index in [1.165, 1.54) is 4.68 Å². The summed E-state index contributed by atoms with van der Waals surface area (Å²) in [7, 11) is -3.31. The molecule has 9 heteroatoms. The molecule has 1 N–H and O–H groups in total. The molecule has 1 heterocycles. The molecule has 0 saturated heterocycles. The third-order valence-electron chi connectivity index (χ3n) is 2.41. The standard InChI is InChI=1S/C11H12Cl2N4O2S/c1-7-15-11(6-14-20(2,18)19)17(16-7)10-4-3-8(12)5-9(10)13/h3-5,14H,6H2,1-2H3. The molecule has 0 atom stereocenters. The van der Waals surface area contributed by atoms with Crippen LogP contribution in [-0.4, -0.2) is 29.4 Å². The van der Waals surface area contributed by atoms with Gasteiger partial charge in [-0.3, -0.25) is 0 Å². The molecule has 20 heavy (non-hydrogen) atoms. The van der Waals surface area contributed by atoms with Crippen LogP contribution in [0.1, 0.15) is 11.6 Å². The zero-order valence-electron chi connectivity index (χ0n) is 10.8. The maximum Gasteiger partial charge on any atom is 0.209 e. The number of aryl methyl sites for hydroxylation is 1. The van der Waals surface area contributed by atoms with Gasteiger partial charge in [0.1, 0.15) is 11.6 Å². The van der Waals surface area contributed by atoms with Crippen molar-refractivity contribution in [3.8, 4) is 5.69 Å². The van der Waals surface area contributed by atoms with Crippen LogP contribution < -0.4 is 4.72 Å². The zero-order valence-corrected chi connectivity index (χ0v) is 13.1. The van der Waals surface area contributed by atoms with Crippen LogP contribution in [0.3, 0.4) is 0 Å². The normalized spacial score (nSPS) is 11.8. The number of halogens is 2. The summed E-state index contributed by atoms with van der Waals surface area (Å²) in [6.45, 7) is 1.74. The number of hydrogen-bond acceptors (Lipinski definition) is 4. The van der Waals surface area contributed by atoms with Gasteiger partial charge in [0.15, 0.2) is 0 Å². The van der Waals surface area contributed by atoms with Gasteiger partial charge in [0.25, 0.3) is 0 Å². The molecule has 2 aromatic rings. The van der Waals surface area contributed by atoms with Crippen molar-refractivity contribution in [2.24, 2.45) is 0 Å². The van der Waals surface area contributed by atoms with Crippen molar-refractivity contribution >= 4 is 33.2 Å². The van der Waals surface area contributed by atoms with Crippen molar-refractivity contribution in [3.05, 3.63) is 39.9 Å². The minimum atomic E-state index is -3.31. The Hall–Kier alpha value is -1.15. The van der Waals surface area contributed by atoms with Gasteiger partial charge >= 0.3 is 0 Å². The van der Waals surface area contributed by atoms with Crippen LogP contribution in [0.4, 0.5) is 0 Å². The van der Waals surface area contributed by atoms with Crippen molar-refractivity contribution in [2.75, 3.05) is 6.26 Å². The predicted octanol–water partition coefficient (Wildman–Crippen LogP) is 1.93. The van der Waals surface area contributed by atoms with Crippen LogP contribution in [0.15, 0.2) is 18.2 Å². The maximum atomic E-state index is 11.2. The third-order valence-corrected chi connectivity index (χ3v) is 3.62. The maximum absolute atomic E-state index is 11.2. The highest BCUT2D eigenvalue weighted by molar-refractivity contribution is 7.88. The first-order valence-electron chi connectivity index (χ1n) is 5.59. The molecule has 0 saturated carbocycles. The third kappa shape index (κ3) is 3.69. The summed E-state index contributed by atoms with van der Waals surface area (Å²) in [5.74, 6) is 0.957. The first kappa shape index (κ1) is 15.2. The molecule has 0 fully saturated rings. The highest BCUT2D eigenvalue weighted by Crippen LogP contribution is 2.24. The van der Waals surface area contributed by atoms with Crippen molar-refractivity contribution in [1.82, 2.24) is 19.5 Å². The van der Waals surface area contributed by atoms with E-state index in [-0.39, 0.29) is 6.54 Å². The van der Waals surface area contributed by atoms with Gasteiger partial charge in [0.05, 0.1) is 23.5 Å². The Morgan fingerprint density at radius 1 is 1.35 bits per heavy atom. The lowest BCUT2D eigenvalue weighted by atomic mass is 10.3. The monoisotopic (exact) mass is 334 g/mol. The summed E-state index contributed by atoms with van der Waals surface area (Å²) < 4.78 is 26.2. The Kier molecular flexibility index (Phi) is 4.33. The topological polar surface area (TPSA) is 76.9 Å². The molecule has 0 amide bonds. The summed E-state index contributed by atoms with van der Waals surface area (Å²) in [5, 5.41) is 5.13. The molecule has 108 valence electrons. The van der Waals surface area contributed by atoms with Gasteiger partial charge in [0.2, 0.25) is 10.0 Å². The minimum absolute atomic E-state index is 0.0264. The summed E-state index contributed by atoms with van der Waals surface area (Å²) in [4.78, 5) is 4.19. The number of sulfonamides is 1. The lowest BCUT2D eigenvalue weighted by molar-refractivity contribution is 0.584. The van der Waals surface area contributed by atoms with Crippen LogP contribution in [0.5, 0.6) is 0 Å². The number of rotatable bonds is 4. The molecule has 1 aromatic carbocycles. The average Bonchev–Trinajstić information content (AvgIpc) is 2.67. The van der Waals surface area contributed by atoms with E-state index in [2.05, 4.69) is 14.8 Å². The van der Waals surface area contributed by atoms with Crippen molar-refractivity contribution in [1.29, 1.82) is 0 Å². The molecular weight excluding hydrogens is 323 g/mol. The van der Waals surface area contributed by atoms with Gasteiger partial charge in [-0.1, -0.05) is 23.2 Å². The second-order valence-corrected chi connectivity index (χ2v) is 6.85. The van der Waals surface area contributed by atoms with Gasteiger partial charge < -0.3 is 0 Å². The summed E-state index contributed by atoms with van der Waals surface area (Å²) in [5.41, 5.74) is 0.585. The number of benzene rings is 1. The van der Waals surface area contributed by atoms with E-state index in [4.69, 9.17) is 23.2 Å². The van der Waals surface area contributed by atoms with Gasteiger partial charge in [-0.05, 0) is 25.1 Å². The van der Waals surface area contributed by atoms with Gasteiger partial charge in [0, 0.05) is 5.02 Å². The summed E-state index contributed by atoms with van der Waals surface area (Å²) in [6.07, 6.45) is 1.08. The Bertz CT molecular complexity index is 743. The quantitative estimate of drug-likeness (QED) is 0.926. The molecule has 0 spiro atoms. The van der Waals surface area contributed by atoms with Crippen LogP contribution in [0, 0.1) is 6.92 Å². The zero-order chi connectivity index (χ0) is 14.9. The molecular formula is C11H12Cl2N4O2S.